The van der Waals surface area contributed by atoms with Gasteiger partial charge in [0.1, 0.15) is 5.75 Å². The highest BCUT2D eigenvalue weighted by atomic mass is 16.5. The van der Waals surface area contributed by atoms with Crippen LogP contribution in [0.2, 0.25) is 0 Å². The topological polar surface area (TPSA) is 51.0 Å². The van der Waals surface area contributed by atoms with Gasteiger partial charge in [0, 0.05) is 35.8 Å². The van der Waals surface area contributed by atoms with Crippen molar-refractivity contribution in [3.05, 3.63) is 30.0 Å². The van der Waals surface area contributed by atoms with Gasteiger partial charge in [0.15, 0.2) is 0 Å². The molecular formula is C11H12N2O. The van der Waals surface area contributed by atoms with Gasteiger partial charge < -0.3 is 15.5 Å². The molecule has 1 aliphatic rings. The molecule has 0 radical (unpaired) electrons. The third-order valence-electron chi connectivity index (χ3n) is 2.77. The highest BCUT2D eigenvalue weighted by molar-refractivity contribution is 5.82. The third kappa shape index (κ3) is 1.02. The highest BCUT2D eigenvalue weighted by Gasteiger charge is 2.18. The summed E-state index contributed by atoms with van der Waals surface area (Å²) in [6.45, 7) is 0.723. The van der Waals surface area contributed by atoms with Crippen molar-refractivity contribution < 1.29 is 4.74 Å². The molecular weight excluding hydrogens is 176 g/mol. The minimum absolute atomic E-state index is 0.123. The lowest BCUT2D eigenvalue weighted by Gasteiger charge is -2.22. The second kappa shape index (κ2) is 2.75. The first-order valence-electron chi connectivity index (χ1n) is 4.84. The standard InChI is InChI=1S/C11H12N2O/c12-9-2-4-14-11-6-10-7(1-3-13-10)5-8(9)11/h1,3,5-6,9,13H,2,4,12H2. The summed E-state index contributed by atoms with van der Waals surface area (Å²) in [5.41, 5.74) is 8.25. The maximum Gasteiger partial charge on any atom is 0.126 e. The van der Waals surface area contributed by atoms with Crippen molar-refractivity contribution in [1.82, 2.24) is 4.98 Å². The number of hydrogen-bond acceptors (Lipinski definition) is 2. The highest BCUT2D eigenvalue weighted by Crippen LogP contribution is 2.33. The molecule has 3 rings (SSSR count). The van der Waals surface area contributed by atoms with Crippen LogP contribution in [0.25, 0.3) is 10.9 Å². The Kier molecular flexibility index (Phi) is 1.55. The van der Waals surface area contributed by atoms with Gasteiger partial charge in [-0.15, -0.1) is 0 Å². The summed E-state index contributed by atoms with van der Waals surface area (Å²) in [4.78, 5) is 3.16. The second-order valence-corrected chi connectivity index (χ2v) is 3.70. The summed E-state index contributed by atoms with van der Waals surface area (Å²) in [5, 5.41) is 1.20. The van der Waals surface area contributed by atoms with Gasteiger partial charge in [0.2, 0.25) is 0 Å². The smallest absolute Gasteiger partial charge is 0.126 e. The van der Waals surface area contributed by atoms with E-state index < -0.39 is 0 Å². The molecule has 0 aliphatic carbocycles. The molecule has 0 spiro atoms. The minimum Gasteiger partial charge on any atom is -0.493 e. The molecule has 0 amide bonds. The van der Waals surface area contributed by atoms with E-state index in [-0.39, 0.29) is 6.04 Å². The molecule has 3 N–H and O–H groups in total. The lowest BCUT2D eigenvalue weighted by atomic mass is 10.00. The molecule has 0 saturated heterocycles. The molecule has 1 aromatic heterocycles. The van der Waals surface area contributed by atoms with Crippen molar-refractivity contribution >= 4 is 10.9 Å². The molecule has 1 aromatic carbocycles. The lowest BCUT2D eigenvalue weighted by molar-refractivity contribution is 0.269. The predicted molar refractivity (Wildman–Crippen MR) is 55.3 cm³/mol. The van der Waals surface area contributed by atoms with Crippen molar-refractivity contribution in [2.24, 2.45) is 5.73 Å². The second-order valence-electron chi connectivity index (χ2n) is 3.70. The van der Waals surface area contributed by atoms with Crippen LogP contribution in [-0.4, -0.2) is 11.6 Å². The van der Waals surface area contributed by atoms with E-state index >= 15 is 0 Å². The summed E-state index contributed by atoms with van der Waals surface area (Å²) in [5.74, 6) is 0.929. The number of hydrogen-bond donors (Lipinski definition) is 2. The van der Waals surface area contributed by atoms with E-state index in [2.05, 4.69) is 17.1 Å². The maximum atomic E-state index is 6.02. The number of nitrogens with one attached hydrogen (secondary N) is 1. The van der Waals surface area contributed by atoms with E-state index in [1.165, 1.54) is 5.39 Å². The molecule has 1 aliphatic heterocycles. The fourth-order valence-corrected chi connectivity index (χ4v) is 1.96. The van der Waals surface area contributed by atoms with Crippen molar-refractivity contribution in [3.63, 3.8) is 0 Å². The number of H-pyrrole nitrogens is 1. The summed E-state index contributed by atoms with van der Waals surface area (Å²) < 4.78 is 5.57. The fourth-order valence-electron chi connectivity index (χ4n) is 1.96. The summed E-state index contributed by atoms with van der Waals surface area (Å²) in [7, 11) is 0. The average Bonchev–Trinajstić information content (AvgIpc) is 2.62. The van der Waals surface area contributed by atoms with E-state index in [1.807, 2.05) is 12.3 Å². The molecule has 1 atom stereocenters. The van der Waals surface area contributed by atoms with Gasteiger partial charge in [-0.2, -0.15) is 0 Å². The molecule has 0 bridgehead atoms. The maximum absolute atomic E-state index is 6.02. The molecule has 0 saturated carbocycles. The Bertz CT molecular complexity index is 475. The van der Waals surface area contributed by atoms with Gasteiger partial charge in [-0.25, -0.2) is 0 Å². The van der Waals surface area contributed by atoms with Crippen LogP contribution in [0.15, 0.2) is 24.4 Å². The van der Waals surface area contributed by atoms with Crippen LogP contribution in [0.1, 0.15) is 18.0 Å². The van der Waals surface area contributed by atoms with Crippen LogP contribution < -0.4 is 10.5 Å². The van der Waals surface area contributed by atoms with E-state index in [1.54, 1.807) is 0 Å². The molecule has 14 heavy (non-hydrogen) atoms. The van der Waals surface area contributed by atoms with Crippen LogP contribution in [0.3, 0.4) is 0 Å². The number of nitrogens with two attached hydrogens (primary N) is 1. The predicted octanol–water partition coefficient (Wildman–Crippen LogP) is 1.95. The molecule has 2 heterocycles. The Balaban J connectivity index is 2.27. The van der Waals surface area contributed by atoms with Crippen molar-refractivity contribution in [1.29, 1.82) is 0 Å². The van der Waals surface area contributed by atoms with E-state index in [0.717, 1.165) is 29.9 Å². The first kappa shape index (κ1) is 7.88. The SMILES string of the molecule is NC1CCOc2cc3[nH]ccc3cc21. The molecule has 2 aromatic rings. The normalized spacial score (nSPS) is 20.5. The van der Waals surface area contributed by atoms with Crippen LogP contribution in [0.4, 0.5) is 0 Å². The number of rotatable bonds is 0. The lowest BCUT2D eigenvalue weighted by Crippen LogP contribution is -2.20. The zero-order chi connectivity index (χ0) is 9.54. The molecule has 3 nitrogen and oxygen atoms in total. The molecule has 1 unspecified atom stereocenters. The van der Waals surface area contributed by atoms with Gasteiger partial charge in [0.05, 0.1) is 6.61 Å². The Morgan fingerprint density at radius 3 is 3.29 bits per heavy atom. The summed E-state index contributed by atoms with van der Waals surface area (Å²) in [6, 6.07) is 6.32. The van der Waals surface area contributed by atoms with Crippen molar-refractivity contribution in [2.75, 3.05) is 6.61 Å². The quantitative estimate of drug-likeness (QED) is 0.664. The van der Waals surface area contributed by atoms with Crippen molar-refractivity contribution in [2.45, 2.75) is 12.5 Å². The van der Waals surface area contributed by atoms with Gasteiger partial charge >= 0.3 is 0 Å². The molecule has 3 heteroatoms. The number of ether oxygens (including phenoxy) is 1. The average molecular weight is 188 g/mol. The summed E-state index contributed by atoms with van der Waals surface area (Å²) >= 11 is 0. The van der Waals surface area contributed by atoms with E-state index in [9.17, 15) is 0 Å². The van der Waals surface area contributed by atoms with Gasteiger partial charge in [-0.1, -0.05) is 0 Å². The zero-order valence-corrected chi connectivity index (χ0v) is 7.79. The van der Waals surface area contributed by atoms with E-state index in [4.69, 9.17) is 10.5 Å². The van der Waals surface area contributed by atoms with Crippen molar-refractivity contribution in [3.8, 4) is 5.75 Å². The van der Waals surface area contributed by atoms with Gasteiger partial charge in [-0.3, -0.25) is 0 Å². The number of aromatic nitrogens is 1. The van der Waals surface area contributed by atoms with Crippen LogP contribution in [0, 0.1) is 0 Å². The van der Waals surface area contributed by atoms with Crippen LogP contribution in [-0.2, 0) is 0 Å². The fraction of sp³-hybridized carbons (Fsp3) is 0.273. The third-order valence-corrected chi connectivity index (χ3v) is 2.77. The molecule has 72 valence electrons. The number of benzene rings is 1. The molecule has 0 fully saturated rings. The monoisotopic (exact) mass is 188 g/mol. The largest absolute Gasteiger partial charge is 0.493 e. The van der Waals surface area contributed by atoms with Gasteiger partial charge in [0.25, 0.3) is 0 Å². The van der Waals surface area contributed by atoms with E-state index in [0.29, 0.717) is 0 Å². The Labute approximate surface area is 81.9 Å². The Hall–Kier alpha value is -1.48. The number of fused-ring (bicyclic) bond motifs is 2. The zero-order valence-electron chi connectivity index (χ0n) is 7.79. The van der Waals surface area contributed by atoms with Crippen LogP contribution >= 0.6 is 0 Å². The van der Waals surface area contributed by atoms with Crippen LogP contribution in [0.5, 0.6) is 5.75 Å². The number of aromatic amines is 1. The first-order chi connectivity index (χ1) is 6.84. The minimum atomic E-state index is 0.123. The van der Waals surface area contributed by atoms with Gasteiger partial charge in [-0.05, 0) is 17.5 Å². The Morgan fingerprint density at radius 1 is 1.43 bits per heavy atom. The summed E-state index contributed by atoms with van der Waals surface area (Å²) in [6.07, 6.45) is 2.84. The Morgan fingerprint density at radius 2 is 2.36 bits per heavy atom. The first-order valence-corrected chi connectivity index (χ1v) is 4.84.